The second-order valence-electron chi connectivity index (χ2n) is 5.45. The van der Waals surface area contributed by atoms with E-state index in [1.54, 1.807) is 0 Å². The molecule has 22 heavy (non-hydrogen) atoms. The number of hydrogen-bond acceptors (Lipinski definition) is 2. The van der Waals surface area contributed by atoms with Crippen LogP contribution in [0.15, 0.2) is 24.3 Å². The smallest absolute Gasteiger partial charge is 0.220 e. The zero-order valence-corrected chi connectivity index (χ0v) is 14.3. The SMILES string of the molecule is CCCCCCOc1cccc(CCNC(=O)CCCCl)c1. The van der Waals surface area contributed by atoms with Crippen molar-refractivity contribution in [3.63, 3.8) is 0 Å². The molecule has 1 rings (SSSR count). The van der Waals surface area contributed by atoms with Crippen LogP contribution in [0.25, 0.3) is 0 Å². The third-order valence-corrected chi connectivity index (χ3v) is 3.71. The number of amides is 1. The molecule has 0 aromatic heterocycles. The quantitative estimate of drug-likeness (QED) is 0.459. The van der Waals surface area contributed by atoms with Crippen LogP contribution in [0.5, 0.6) is 5.75 Å². The summed E-state index contributed by atoms with van der Waals surface area (Å²) in [6.45, 7) is 3.64. The molecule has 0 aliphatic heterocycles. The Hall–Kier alpha value is -1.22. The van der Waals surface area contributed by atoms with Crippen LogP contribution < -0.4 is 10.1 Å². The maximum Gasteiger partial charge on any atom is 0.220 e. The fourth-order valence-electron chi connectivity index (χ4n) is 2.17. The number of ether oxygens (including phenoxy) is 1. The fraction of sp³-hybridized carbons (Fsp3) is 0.611. The molecule has 3 nitrogen and oxygen atoms in total. The topological polar surface area (TPSA) is 38.3 Å². The highest BCUT2D eigenvalue weighted by molar-refractivity contribution is 6.17. The van der Waals surface area contributed by atoms with E-state index in [9.17, 15) is 4.79 Å². The molecular formula is C18H28ClNO2. The third-order valence-electron chi connectivity index (χ3n) is 3.44. The first kappa shape index (κ1) is 18.8. The highest BCUT2D eigenvalue weighted by atomic mass is 35.5. The van der Waals surface area contributed by atoms with Gasteiger partial charge in [0.15, 0.2) is 0 Å². The van der Waals surface area contributed by atoms with Gasteiger partial charge in [0.25, 0.3) is 0 Å². The number of carbonyl (C=O) groups is 1. The molecule has 0 radical (unpaired) electrons. The van der Waals surface area contributed by atoms with Crippen LogP contribution in [0, 0.1) is 0 Å². The van der Waals surface area contributed by atoms with Gasteiger partial charge in [-0.15, -0.1) is 11.6 Å². The standard InChI is InChI=1S/C18H28ClNO2/c1-2-3-4-5-14-22-17-9-6-8-16(15-17)11-13-20-18(21)10-7-12-19/h6,8-9,15H,2-5,7,10-14H2,1H3,(H,20,21). The molecule has 0 heterocycles. The minimum absolute atomic E-state index is 0.0731. The average molecular weight is 326 g/mol. The Labute approximate surface area is 139 Å². The van der Waals surface area contributed by atoms with Gasteiger partial charge >= 0.3 is 0 Å². The average Bonchev–Trinajstić information content (AvgIpc) is 2.53. The number of nitrogens with one attached hydrogen (secondary N) is 1. The molecule has 1 aromatic carbocycles. The van der Waals surface area contributed by atoms with Crippen molar-refractivity contribution in [3.05, 3.63) is 29.8 Å². The van der Waals surface area contributed by atoms with E-state index in [2.05, 4.69) is 24.4 Å². The van der Waals surface area contributed by atoms with Gasteiger partial charge in [-0.25, -0.2) is 0 Å². The van der Waals surface area contributed by atoms with Gasteiger partial charge in [-0.05, 0) is 37.0 Å². The summed E-state index contributed by atoms with van der Waals surface area (Å²) in [5.41, 5.74) is 1.18. The van der Waals surface area contributed by atoms with Gasteiger partial charge in [-0.3, -0.25) is 4.79 Å². The van der Waals surface area contributed by atoms with Crippen LogP contribution in [0.4, 0.5) is 0 Å². The number of halogens is 1. The largest absolute Gasteiger partial charge is 0.494 e. The van der Waals surface area contributed by atoms with Crippen molar-refractivity contribution in [2.75, 3.05) is 19.0 Å². The molecule has 1 N–H and O–H groups in total. The van der Waals surface area contributed by atoms with E-state index in [1.165, 1.54) is 24.8 Å². The van der Waals surface area contributed by atoms with Gasteiger partial charge in [0.05, 0.1) is 6.61 Å². The van der Waals surface area contributed by atoms with Crippen LogP contribution in [0.2, 0.25) is 0 Å². The van der Waals surface area contributed by atoms with Crippen molar-refractivity contribution >= 4 is 17.5 Å². The van der Waals surface area contributed by atoms with Crippen molar-refractivity contribution < 1.29 is 9.53 Å². The fourth-order valence-corrected chi connectivity index (χ4v) is 2.31. The van der Waals surface area contributed by atoms with Crippen molar-refractivity contribution in [2.45, 2.75) is 51.9 Å². The lowest BCUT2D eigenvalue weighted by atomic mass is 10.1. The summed E-state index contributed by atoms with van der Waals surface area (Å²) < 4.78 is 5.77. The van der Waals surface area contributed by atoms with Gasteiger partial charge in [-0.2, -0.15) is 0 Å². The van der Waals surface area contributed by atoms with E-state index in [1.807, 2.05) is 12.1 Å². The van der Waals surface area contributed by atoms with E-state index in [-0.39, 0.29) is 5.91 Å². The summed E-state index contributed by atoms with van der Waals surface area (Å²) in [6.07, 6.45) is 6.90. The lowest BCUT2D eigenvalue weighted by Crippen LogP contribution is -2.25. The first-order valence-corrected chi connectivity index (χ1v) is 8.84. The predicted molar refractivity (Wildman–Crippen MR) is 92.7 cm³/mol. The van der Waals surface area contributed by atoms with E-state index in [0.29, 0.717) is 18.8 Å². The van der Waals surface area contributed by atoms with Crippen molar-refractivity contribution in [2.24, 2.45) is 0 Å². The molecule has 1 amide bonds. The first-order valence-electron chi connectivity index (χ1n) is 8.30. The Morgan fingerprint density at radius 3 is 2.86 bits per heavy atom. The molecule has 0 bridgehead atoms. The van der Waals surface area contributed by atoms with Crippen LogP contribution in [-0.2, 0) is 11.2 Å². The monoisotopic (exact) mass is 325 g/mol. The number of hydrogen-bond donors (Lipinski definition) is 1. The first-order chi connectivity index (χ1) is 10.8. The number of unbranched alkanes of at least 4 members (excludes halogenated alkanes) is 3. The minimum atomic E-state index is 0.0731. The number of rotatable bonds is 12. The van der Waals surface area contributed by atoms with E-state index in [4.69, 9.17) is 16.3 Å². The zero-order valence-electron chi connectivity index (χ0n) is 13.6. The van der Waals surface area contributed by atoms with Gasteiger partial charge in [0, 0.05) is 18.8 Å². The van der Waals surface area contributed by atoms with Crippen LogP contribution >= 0.6 is 11.6 Å². The molecule has 0 atom stereocenters. The summed E-state index contributed by atoms with van der Waals surface area (Å²) in [5, 5.41) is 2.91. The lowest BCUT2D eigenvalue weighted by Gasteiger charge is -2.09. The van der Waals surface area contributed by atoms with Crippen molar-refractivity contribution in [3.8, 4) is 5.75 Å². The van der Waals surface area contributed by atoms with Gasteiger partial charge in [0.2, 0.25) is 5.91 Å². The van der Waals surface area contributed by atoms with E-state index < -0.39 is 0 Å². The Balaban J connectivity index is 2.24. The number of carbonyl (C=O) groups excluding carboxylic acids is 1. The van der Waals surface area contributed by atoms with Gasteiger partial charge in [-0.1, -0.05) is 38.3 Å². The van der Waals surface area contributed by atoms with E-state index in [0.717, 1.165) is 31.6 Å². The third kappa shape index (κ3) is 8.93. The van der Waals surface area contributed by atoms with Crippen molar-refractivity contribution in [1.29, 1.82) is 0 Å². The van der Waals surface area contributed by atoms with Crippen LogP contribution in [-0.4, -0.2) is 24.9 Å². The van der Waals surface area contributed by atoms with Crippen LogP contribution in [0.1, 0.15) is 51.0 Å². The van der Waals surface area contributed by atoms with E-state index >= 15 is 0 Å². The summed E-state index contributed by atoms with van der Waals surface area (Å²) in [6, 6.07) is 8.12. The molecule has 1 aromatic rings. The Bertz CT molecular complexity index is 423. The lowest BCUT2D eigenvalue weighted by molar-refractivity contribution is -0.121. The molecule has 0 fully saturated rings. The molecule has 4 heteroatoms. The number of alkyl halides is 1. The Morgan fingerprint density at radius 2 is 2.09 bits per heavy atom. The zero-order chi connectivity index (χ0) is 16.0. The highest BCUT2D eigenvalue weighted by Crippen LogP contribution is 2.14. The second-order valence-corrected chi connectivity index (χ2v) is 5.83. The summed E-state index contributed by atoms with van der Waals surface area (Å²) >= 11 is 5.57. The maximum atomic E-state index is 11.5. The van der Waals surface area contributed by atoms with Crippen molar-refractivity contribution in [1.82, 2.24) is 5.32 Å². The van der Waals surface area contributed by atoms with Gasteiger partial charge < -0.3 is 10.1 Å². The minimum Gasteiger partial charge on any atom is -0.494 e. The summed E-state index contributed by atoms with van der Waals surface area (Å²) in [5.74, 6) is 1.52. The molecule has 0 aliphatic carbocycles. The second kappa shape index (κ2) is 12.3. The molecule has 0 aliphatic rings. The highest BCUT2D eigenvalue weighted by Gasteiger charge is 2.01. The molecule has 0 saturated carbocycles. The normalized spacial score (nSPS) is 10.5. The Kier molecular flexibility index (Phi) is 10.6. The number of benzene rings is 1. The Morgan fingerprint density at radius 1 is 1.23 bits per heavy atom. The van der Waals surface area contributed by atoms with Gasteiger partial charge in [0.1, 0.15) is 5.75 Å². The maximum absolute atomic E-state index is 11.5. The summed E-state index contributed by atoms with van der Waals surface area (Å²) in [7, 11) is 0. The molecule has 0 spiro atoms. The molecule has 0 unspecified atom stereocenters. The van der Waals surface area contributed by atoms with Crippen LogP contribution in [0.3, 0.4) is 0 Å². The molecule has 124 valence electrons. The molecule has 0 saturated heterocycles. The summed E-state index contributed by atoms with van der Waals surface area (Å²) in [4.78, 5) is 11.5. The molecular weight excluding hydrogens is 298 g/mol. The predicted octanol–water partition coefficient (Wildman–Crippen LogP) is 4.32.